The number of hydrogen-bond donors (Lipinski definition) is 1. The van der Waals surface area contributed by atoms with Gasteiger partial charge in [0.05, 0.1) is 10.2 Å². The lowest BCUT2D eigenvalue weighted by Crippen LogP contribution is -2.16. The first-order valence-electron chi connectivity index (χ1n) is 6.11. The molecule has 0 amide bonds. The van der Waals surface area contributed by atoms with E-state index in [1.165, 1.54) is 16.0 Å². The molecule has 0 aliphatic carbocycles. The molecule has 0 bridgehead atoms. The van der Waals surface area contributed by atoms with Crippen LogP contribution in [0.1, 0.15) is 37.4 Å². The Hall–Kier alpha value is -1.16. The molecule has 0 saturated heterocycles. The second kappa shape index (κ2) is 5.00. The van der Waals surface area contributed by atoms with Gasteiger partial charge in [0.25, 0.3) is 0 Å². The molecule has 17 heavy (non-hydrogen) atoms. The van der Waals surface area contributed by atoms with Crippen molar-refractivity contribution in [2.24, 2.45) is 0 Å². The van der Waals surface area contributed by atoms with Crippen molar-refractivity contribution in [1.29, 1.82) is 0 Å². The summed E-state index contributed by atoms with van der Waals surface area (Å²) < 4.78 is 1.18. The summed E-state index contributed by atoms with van der Waals surface area (Å²) in [5.41, 5.74) is 1.06. The summed E-state index contributed by atoms with van der Waals surface area (Å²) in [4.78, 5) is 10.3. The normalized spacial score (nSPS) is 12.9. The van der Waals surface area contributed by atoms with Gasteiger partial charge in [0.15, 0.2) is 0 Å². The van der Waals surface area contributed by atoms with Crippen LogP contribution in [0.4, 0.5) is 5.82 Å². The van der Waals surface area contributed by atoms with Crippen LogP contribution in [0.15, 0.2) is 6.07 Å². The summed E-state index contributed by atoms with van der Waals surface area (Å²) in [6.45, 7) is 8.46. The van der Waals surface area contributed by atoms with Crippen LogP contribution in [-0.2, 0) is 0 Å². The van der Waals surface area contributed by atoms with E-state index in [9.17, 15) is 0 Å². The Morgan fingerprint density at radius 2 is 2.12 bits per heavy atom. The van der Waals surface area contributed by atoms with Gasteiger partial charge in [0.1, 0.15) is 11.6 Å². The van der Waals surface area contributed by atoms with Crippen LogP contribution in [-0.4, -0.2) is 16.0 Å². The van der Waals surface area contributed by atoms with Crippen LogP contribution in [0.2, 0.25) is 0 Å². The van der Waals surface area contributed by atoms with Crippen LogP contribution >= 0.6 is 11.3 Å². The monoisotopic (exact) mass is 249 g/mol. The molecule has 1 N–H and O–H groups in total. The molecule has 0 fully saturated rings. The maximum atomic E-state index is 4.53. The second-order valence-corrected chi connectivity index (χ2v) is 5.78. The molecular weight excluding hydrogens is 230 g/mol. The number of rotatable bonds is 4. The van der Waals surface area contributed by atoms with Gasteiger partial charge in [-0.2, -0.15) is 0 Å². The van der Waals surface area contributed by atoms with Gasteiger partial charge in [-0.1, -0.05) is 13.3 Å². The molecule has 0 aromatic carbocycles. The van der Waals surface area contributed by atoms with Gasteiger partial charge in [-0.05, 0) is 33.3 Å². The van der Waals surface area contributed by atoms with Crippen molar-refractivity contribution in [3.63, 3.8) is 0 Å². The van der Waals surface area contributed by atoms with Crippen LogP contribution in [0.5, 0.6) is 0 Å². The zero-order chi connectivity index (χ0) is 12.4. The zero-order valence-electron chi connectivity index (χ0n) is 10.9. The minimum atomic E-state index is 0.458. The number of anilines is 1. The van der Waals surface area contributed by atoms with Crippen molar-refractivity contribution in [3.05, 3.63) is 16.8 Å². The molecule has 2 aromatic heterocycles. The lowest BCUT2D eigenvalue weighted by molar-refractivity contribution is 0.688. The zero-order valence-corrected chi connectivity index (χ0v) is 11.7. The highest BCUT2D eigenvalue weighted by molar-refractivity contribution is 7.19. The third-order valence-corrected chi connectivity index (χ3v) is 3.76. The standard InChI is InChI=1S/C13H19N3S/c1-5-6-8(2)14-13-12-11(7-9(3)17-12)15-10(4)16-13/h7-8H,5-6H2,1-4H3,(H,14,15,16). The highest BCUT2D eigenvalue weighted by Crippen LogP contribution is 2.29. The minimum Gasteiger partial charge on any atom is -0.366 e. The molecule has 2 rings (SSSR count). The highest BCUT2D eigenvalue weighted by Gasteiger charge is 2.10. The fourth-order valence-corrected chi connectivity index (χ4v) is 2.90. The van der Waals surface area contributed by atoms with Crippen LogP contribution in [0.3, 0.4) is 0 Å². The largest absolute Gasteiger partial charge is 0.366 e. The van der Waals surface area contributed by atoms with E-state index in [0.717, 1.165) is 23.6 Å². The molecule has 1 unspecified atom stereocenters. The Balaban J connectivity index is 2.37. The summed E-state index contributed by atoms with van der Waals surface area (Å²) in [7, 11) is 0. The number of fused-ring (bicyclic) bond motifs is 1. The van der Waals surface area contributed by atoms with Gasteiger partial charge in [0.2, 0.25) is 0 Å². The second-order valence-electron chi connectivity index (χ2n) is 4.52. The SMILES string of the molecule is CCCC(C)Nc1nc(C)nc2cc(C)sc12. The predicted octanol–water partition coefficient (Wildman–Crippen LogP) is 3.91. The van der Waals surface area contributed by atoms with Gasteiger partial charge in [-0.15, -0.1) is 11.3 Å². The molecule has 2 heterocycles. The Morgan fingerprint density at radius 3 is 2.82 bits per heavy atom. The van der Waals surface area contributed by atoms with Crippen LogP contribution in [0.25, 0.3) is 10.2 Å². The molecule has 0 aliphatic rings. The fraction of sp³-hybridized carbons (Fsp3) is 0.538. The van der Waals surface area contributed by atoms with Gasteiger partial charge in [-0.25, -0.2) is 9.97 Å². The Bertz CT molecular complexity index is 519. The lowest BCUT2D eigenvalue weighted by Gasteiger charge is -2.14. The Kier molecular flexibility index (Phi) is 3.62. The van der Waals surface area contributed by atoms with E-state index >= 15 is 0 Å². The van der Waals surface area contributed by atoms with E-state index in [1.807, 2.05) is 6.92 Å². The summed E-state index contributed by atoms with van der Waals surface area (Å²) in [5, 5.41) is 3.50. The van der Waals surface area contributed by atoms with E-state index in [2.05, 4.69) is 42.1 Å². The van der Waals surface area contributed by atoms with Crippen molar-refractivity contribution < 1.29 is 0 Å². The number of aryl methyl sites for hydroxylation is 2. The first-order chi connectivity index (χ1) is 8.10. The highest BCUT2D eigenvalue weighted by atomic mass is 32.1. The minimum absolute atomic E-state index is 0.458. The molecule has 0 spiro atoms. The maximum Gasteiger partial charge on any atom is 0.147 e. The van der Waals surface area contributed by atoms with E-state index in [-0.39, 0.29) is 0 Å². The molecule has 0 saturated carbocycles. The van der Waals surface area contributed by atoms with Crippen molar-refractivity contribution in [2.75, 3.05) is 5.32 Å². The number of hydrogen-bond acceptors (Lipinski definition) is 4. The van der Waals surface area contributed by atoms with Crippen LogP contribution in [0, 0.1) is 13.8 Å². The molecule has 92 valence electrons. The third kappa shape index (κ3) is 2.75. The quantitative estimate of drug-likeness (QED) is 0.892. The third-order valence-electron chi connectivity index (χ3n) is 2.71. The van der Waals surface area contributed by atoms with Gasteiger partial charge < -0.3 is 5.32 Å². The lowest BCUT2D eigenvalue weighted by atomic mass is 10.2. The molecule has 0 radical (unpaired) electrons. The Labute approximate surface area is 106 Å². The molecule has 3 nitrogen and oxygen atoms in total. The molecular formula is C13H19N3S. The summed E-state index contributed by atoms with van der Waals surface area (Å²) in [6, 6.07) is 2.59. The molecule has 0 aliphatic heterocycles. The van der Waals surface area contributed by atoms with Crippen LogP contribution < -0.4 is 5.32 Å². The number of thiophene rings is 1. The fourth-order valence-electron chi connectivity index (χ4n) is 2.00. The molecule has 1 atom stereocenters. The maximum absolute atomic E-state index is 4.53. The first kappa shape index (κ1) is 12.3. The summed E-state index contributed by atoms with van der Waals surface area (Å²) >= 11 is 1.76. The molecule has 2 aromatic rings. The topological polar surface area (TPSA) is 37.8 Å². The van der Waals surface area contributed by atoms with Gasteiger partial charge in [-0.3, -0.25) is 0 Å². The number of nitrogens with zero attached hydrogens (tertiary/aromatic N) is 2. The van der Waals surface area contributed by atoms with Crippen molar-refractivity contribution in [2.45, 2.75) is 46.6 Å². The Morgan fingerprint density at radius 1 is 1.35 bits per heavy atom. The number of aromatic nitrogens is 2. The average molecular weight is 249 g/mol. The van der Waals surface area contributed by atoms with E-state index in [1.54, 1.807) is 11.3 Å². The van der Waals surface area contributed by atoms with Gasteiger partial charge in [0, 0.05) is 10.9 Å². The van der Waals surface area contributed by atoms with E-state index in [4.69, 9.17) is 0 Å². The predicted molar refractivity (Wildman–Crippen MR) is 74.9 cm³/mol. The smallest absolute Gasteiger partial charge is 0.147 e. The van der Waals surface area contributed by atoms with E-state index in [0.29, 0.717) is 6.04 Å². The van der Waals surface area contributed by atoms with Gasteiger partial charge >= 0.3 is 0 Å². The summed E-state index contributed by atoms with van der Waals surface area (Å²) in [6.07, 6.45) is 2.35. The van der Waals surface area contributed by atoms with Crippen molar-refractivity contribution in [3.8, 4) is 0 Å². The summed E-state index contributed by atoms with van der Waals surface area (Å²) in [5.74, 6) is 1.83. The molecule has 4 heteroatoms. The number of nitrogens with one attached hydrogen (secondary N) is 1. The van der Waals surface area contributed by atoms with E-state index < -0.39 is 0 Å². The average Bonchev–Trinajstić information content (AvgIpc) is 2.58. The van der Waals surface area contributed by atoms with Crippen molar-refractivity contribution >= 4 is 27.4 Å². The first-order valence-corrected chi connectivity index (χ1v) is 6.93. The van der Waals surface area contributed by atoms with Crippen molar-refractivity contribution in [1.82, 2.24) is 9.97 Å².